The Morgan fingerprint density at radius 3 is 2.57 bits per heavy atom. The van der Waals surface area contributed by atoms with Crippen LogP contribution in [0.3, 0.4) is 0 Å². The largest absolute Gasteiger partial charge is 0.490 e. The van der Waals surface area contributed by atoms with E-state index in [1.54, 1.807) is 30.2 Å². The van der Waals surface area contributed by atoms with Crippen LogP contribution in [0.1, 0.15) is 25.7 Å². The normalized spacial score (nSPS) is 17.9. The lowest BCUT2D eigenvalue weighted by molar-refractivity contribution is 0.149. The standard InChI is InChI=1S/C25H29F2N9O/c1-34(2)18-6-4-15(5-7-18)14-37-21-9-8-20(22(26)23(21)27)36-25(31-32-33-36)19-10-16(11-29-24(19)28)17-12-30-35(3)13-17/h8-13,15,18H,4-7,14H2,1-3H3,(H2,28,29). The fraction of sp³-hybridized carbons (Fsp3) is 0.400. The molecule has 0 saturated heterocycles. The highest BCUT2D eigenvalue weighted by molar-refractivity contribution is 5.76. The second-order valence-corrected chi connectivity index (χ2v) is 9.63. The molecule has 1 fully saturated rings. The third-order valence-corrected chi connectivity index (χ3v) is 6.94. The molecule has 1 aromatic carbocycles. The van der Waals surface area contributed by atoms with Crippen molar-refractivity contribution in [1.82, 2.24) is 39.9 Å². The molecule has 0 amide bonds. The number of aryl methyl sites for hydroxylation is 1. The van der Waals surface area contributed by atoms with Gasteiger partial charge in [-0.3, -0.25) is 4.68 Å². The number of halogens is 2. The number of tetrazole rings is 1. The van der Waals surface area contributed by atoms with Crippen molar-refractivity contribution in [3.8, 4) is 34.0 Å². The maximum Gasteiger partial charge on any atom is 0.202 e. The first-order valence-corrected chi connectivity index (χ1v) is 12.1. The van der Waals surface area contributed by atoms with Crippen molar-refractivity contribution < 1.29 is 13.5 Å². The van der Waals surface area contributed by atoms with Crippen molar-refractivity contribution in [3.05, 3.63) is 48.4 Å². The van der Waals surface area contributed by atoms with Gasteiger partial charge in [0.25, 0.3) is 0 Å². The van der Waals surface area contributed by atoms with E-state index in [0.29, 0.717) is 24.1 Å². The number of rotatable bonds is 7. The van der Waals surface area contributed by atoms with Crippen LogP contribution >= 0.6 is 0 Å². The summed E-state index contributed by atoms with van der Waals surface area (Å²) in [6, 6.07) is 5.09. The van der Waals surface area contributed by atoms with Crippen LogP contribution in [0.25, 0.3) is 28.2 Å². The smallest absolute Gasteiger partial charge is 0.202 e. The molecule has 5 rings (SSSR count). The zero-order chi connectivity index (χ0) is 26.1. The number of nitrogens with two attached hydrogens (primary N) is 1. The predicted octanol–water partition coefficient (Wildman–Crippen LogP) is 3.48. The molecular weight excluding hydrogens is 480 g/mol. The Morgan fingerprint density at radius 1 is 1.08 bits per heavy atom. The molecule has 0 aliphatic heterocycles. The van der Waals surface area contributed by atoms with Crippen LogP contribution < -0.4 is 10.5 Å². The van der Waals surface area contributed by atoms with Gasteiger partial charge in [0.2, 0.25) is 5.82 Å². The second kappa shape index (κ2) is 10.2. The van der Waals surface area contributed by atoms with E-state index in [9.17, 15) is 0 Å². The minimum absolute atomic E-state index is 0.125. The Labute approximate surface area is 213 Å². The Kier molecular flexibility index (Phi) is 6.83. The van der Waals surface area contributed by atoms with Crippen LogP contribution in [-0.4, -0.2) is 66.6 Å². The van der Waals surface area contributed by atoms with Crippen molar-refractivity contribution >= 4 is 5.82 Å². The molecule has 1 saturated carbocycles. The predicted molar refractivity (Wildman–Crippen MR) is 134 cm³/mol. The van der Waals surface area contributed by atoms with Gasteiger partial charge in [0.1, 0.15) is 11.5 Å². The number of hydrogen-bond donors (Lipinski definition) is 1. The lowest BCUT2D eigenvalue weighted by Crippen LogP contribution is -2.33. The van der Waals surface area contributed by atoms with Crippen LogP contribution in [-0.2, 0) is 7.05 Å². The minimum atomic E-state index is -1.11. The lowest BCUT2D eigenvalue weighted by atomic mass is 9.86. The van der Waals surface area contributed by atoms with Crippen LogP contribution in [0, 0.1) is 17.6 Å². The first-order chi connectivity index (χ1) is 17.8. The molecule has 0 radical (unpaired) electrons. The molecule has 1 aliphatic carbocycles. The number of benzene rings is 1. The number of nitrogen functional groups attached to an aromatic ring is 1. The van der Waals surface area contributed by atoms with Crippen LogP contribution in [0.15, 0.2) is 36.8 Å². The SMILES string of the molecule is CN(C)C1CCC(COc2ccc(-n3nnnc3-c3cc(-c4cnn(C)c4)cnc3N)c(F)c2F)CC1. The Bertz CT molecular complexity index is 1390. The minimum Gasteiger partial charge on any atom is -0.490 e. The van der Waals surface area contributed by atoms with Crippen LogP contribution in [0.5, 0.6) is 5.75 Å². The molecule has 194 valence electrons. The zero-order valence-electron chi connectivity index (χ0n) is 21.0. The van der Waals surface area contributed by atoms with Gasteiger partial charge in [-0.05, 0) is 74.3 Å². The van der Waals surface area contributed by atoms with Gasteiger partial charge in [-0.25, -0.2) is 9.37 Å². The van der Waals surface area contributed by atoms with Crippen molar-refractivity contribution in [2.75, 3.05) is 26.4 Å². The maximum atomic E-state index is 15.2. The lowest BCUT2D eigenvalue weighted by Gasteiger charge is -2.32. The highest BCUT2D eigenvalue weighted by atomic mass is 19.2. The van der Waals surface area contributed by atoms with Crippen molar-refractivity contribution in [2.24, 2.45) is 13.0 Å². The molecule has 10 nitrogen and oxygen atoms in total. The van der Waals surface area contributed by atoms with Crippen molar-refractivity contribution in [2.45, 2.75) is 31.7 Å². The van der Waals surface area contributed by atoms with E-state index in [1.807, 2.05) is 6.20 Å². The number of nitrogens with zero attached hydrogens (tertiary/aromatic N) is 8. The molecular formula is C25H29F2N9O. The van der Waals surface area contributed by atoms with Gasteiger partial charge in [0.05, 0.1) is 18.4 Å². The zero-order valence-corrected chi connectivity index (χ0v) is 21.0. The van der Waals surface area contributed by atoms with E-state index in [1.165, 1.54) is 12.1 Å². The summed E-state index contributed by atoms with van der Waals surface area (Å²) in [5, 5.41) is 15.7. The fourth-order valence-electron chi connectivity index (χ4n) is 4.73. The number of hydrogen-bond acceptors (Lipinski definition) is 8. The highest BCUT2D eigenvalue weighted by Crippen LogP contribution is 2.32. The summed E-state index contributed by atoms with van der Waals surface area (Å²) in [4.78, 5) is 6.47. The molecule has 0 spiro atoms. The summed E-state index contributed by atoms with van der Waals surface area (Å²) < 4.78 is 38.7. The fourth-order valence-corrected chi connectivity index (χ4v) is 4.73. The monoisotopic (exact) mass is 509 g/mol. The molecule has 4 aromatic rings. The van der Waals surface area contributed by atoms with Gasteiger partial charge in [-0.2, -0.15) is 14.2 Å². The maximum absolute atomic E-state index is 15.2. The third kappa shape index (κ3) is 5.01. The number of pyridine rings is 1. The van der Waals surface area contributed by atoms with E-state index in [4.69, 9.17) is 10.5 Å². The molecule has 0 atom stereocenters. The molecule has 2 N–H and O–H groups in total. The Balaban J connectivity index is 1.37. The summed E-state index contributed by atoms with van der Waals surface area (Å²) in [7, 11) is 5.97. The van der Waals surface area contributed by atoms with E-state index in [-0.39, 0.29) is 23.1 Å². The molecule has 12 heteroatoms. The summed E-state index contributed by atoms with van der Waals surface area (Å²) in [5.41, 5.74) is 7.85. The van der Waals surface area contributed by atoms with Crippen molar-refractivity contribution in [1.29, 1.82) is 0 Å². The second-order valence-electron chi connectivity index (χ2n) is 9.63. The molecule has 0 bridgehead atoms. The topological polar surface area (TPSA) is 113 Å². The van der Waals surface area contributed by atoms with E-state index in [2.05, 4.69) is 44.6 Å². The molecule has 3 aromatic heterocycles. The Hall–Kier alpha value is -3.93. The molecule has 1 aliphatic rings. The summed E-state index contributed by atoms with van der Waals surface area (Å²) >= 11 is 0. The number of ether oxygens (including phenoxy) is 1. The van der Waals surface area contributed by atoms with E-state index in [0.717, 1.165) is 41.5 Å². The first-order valence-electron chi connectivity index (χ1n) is 12.1. The summed E-state index contributed by atoms with van der Waals surface area (Å²) in [5.74, 6) is -1.75. The van der Waals surface area contributed by atoms with Crippen molar-refractivity contribution in [3.63, 3.8) is 0 Å². The van der Waals surface area contributed by atoms with Crippen LogP contribution in [0.4, 0.5) is 14.6 Å². The number of aromatic nitrogens is 7. The quantitative estimate of drug-likeness (QED) is 0.403. The van der Waals surface area contributed by atoms with Crippen LogP contribution in [0.2, 0.25) is 0 Å². The number of anilines is 1. The average Bonchev–Trinajstić information content (AvgIpc) is 3.55. The summed E-state index contributed by atoms with van der Waals surface area (Å²) in [6.07, 6.45) is 9.23. The van der Waals surface area contributed by atoms with Gasteiger partial charge in [0, 0.05) is 36.6 Å². The Morgan fingerprint density at radius 2 is 1.86 bits per heavy atom. The van der Waals surface area contributed by atoms with Gasteiger partial charge in [-0.1, -0.05) is 0 Å². The highest BCUT2D eigenvalue weighted by Gasteiger charge is 2.25. The third-order valence-electron chi connectivity index (χ3n) is 6.94. The molecule has 37 heavy (non-hydrogen) atoms. The van der Waals surface area contributed by atoms with Gasteiger partial charge >= 0.3 is 0 Å². The van der Waals surface area contributed by atoms with Gasteiger partial charge < -0.3 is 15.4 Å². The van der Waals surface area contributed by atoms with Gasteiger partial charge in [0.15, 0.2) is 17.4 Å². The molecule has 0 unspecified atom stereocenters. The average molecular weight is 510 g/mol. The molecule has 3 heterocycles. The summed E-state index contributed by atoms with van der Waals surface area (Å²) in [6.45, 7) is 0.343. The van der Waals surface area contributed by atoms with Gasteiger partial charge in [-0.15, -0.1) is 5.10 Å². The first kappa shape index (κ1) is 24.8. The van der Waals surface area contributed by atoms with E-state index >= 15 is 8.78 Å². The van der Waals surface area contributed by atoms with E-state index < -0.39 is 11.6 Å².